The summed E-state index contributed by atoms with van der Waals surface area (Å²) in [5.41, 5.74) is 2.92. The minimum Gasteiger partial charge on any atom is -0.339 e. The van der Waals surface area contributed by atoms with Crippen molar-refractivity contribution in [2.45, 2.75) is 24.8 Å². The van der Waals surface area contributed by atoms with Gasteiger partial charge in [0.2, 0.25) is 0 Å². The molecule has 1 heterocycles. The van der Waals surface area contributed by atoms with Gasteiger partial charge in [-0.15, -0.1) is 0 Å². The first-order chi connectivity index (χ1) is 14.1. The van der Waals surface area contributed by atoms with Gasteiger partial charge in [0.15, 0.2) is 5.16 Å². The Morgan fingerprint density at radius 2 is 1.66 bits per heavy atom. The number of amides is 2. The Morgan fingerprint density at radius 3 is 2.24 bits per heavy atom. The van der Waals surface area contributed by atoms with E-state index in [1.165, 1.54) is 6.33 Å². The normalized spacial score (nSPS) is 10.6. The Hall–Kier alpha value is -3.13. The van der Waals surface area contributed by atoms with Crippen LogP contribution in [0.15, 0.2) is 60.0 Å². The zero-order chi connectivity index (χ0) is 20.6. The molecule has 0 radical (unpaired) electrons. The Labute approximate surface area is 173 Å². The largest absolute Gasteiger partial charge is 0.339 e. The van der Waals surface area contributed by atoms with Crippen LogP contribution in [-0.2, 0) is 5.75 Å². The lowest BCUT2D eigenvalue weighted by molar-refractivity contribution is 0.0773. The smallest absolute Gasteiger partial charge is 0.255 e. The lowest BCUT2D eigenvalue weighted by Gasteiger charge is -2.18. The van der Waals surface area contributed by atoms with Crippen molar-refractivity contribution in [1.82, 2.24) is 20.1 Å². The number of aromatic amines is 1. The lowest BCUT2D eigenvalue weighted by Crippen LogP contribution is -2.30. The third-order valence-corrected chi connectivity index (χ3v) is 5.37. The maximum atomic E-state index is 12.5. The summed E-state index contributed by atoms with van der Waals surface area (Å²) in [4.78, 5) is 30.7. The van der Waals surface area contributed by atoms with Crippen LogP contribution in [0.2, 0.25) is 0 Å². The maximum absolute atomic E-state index is 12.5. The van der Waals surface area contributed by atoms with E-state index in [0.717, 1.165) is 16.5 Å². The number of thioether (sulfide) groups is 1. The summed E-state index contributed by atoms with van der Waals surface area (Å²) in [7, 11) is 0. The van der Waals surface area contributed by atoms with Gasteiger partial charge in [0.1, 0.15) is 6.33 Å². The molecule has 0 aliphatic heterocycles. The number of carbonyl (C=O) groups is 2. The third-order valence-electron chi connectivity index (χ3n) is 4.42. The number of nitrogens with one attached hydrogen (secondary N) is 2. The second-order valence-electron chi connectivity index (χ2n) is 6.29. The molecule has 7 nitrogen and oxygen atoms in total. The van der Waals surface area contributed by atoms with Crippen LogP contribution in [0, 0.1) is 0 Å². The van der Waals surface area contributed by atoms with Gasteiger partial charge in [0.25, 0.3) is 11.8 Å². The van der Waals surface area contributed by atoms with Gasteiger partial charge in [0, 0.05) is 35.7 Å². The minimum atomic E-state index is -0.192. The number of nitrogens with zero attached hydrogens (tertiary/aromatic N) is 3. The molecule has 0 saturated heterocycles. The molecule has 0 saturated carbocycles. The number of H-pyrrole nitrogens is 1. The maximum Gasteiger partial charge on any atom is 0.255 e. The van der Waals surface area contributed by atoms with Crippen LogP contribution in [0.4, 0.5) is 5.69 Å². The highest BCUT2D eigenvalue weighted by Gasteiger charge is 2.12. The summed E-state index contributed by atoms with van der Waals surface area (Å²) >= 11 is 1.55. The Bertz CT molecular complexity index is 936. The highest BCUT2D eigenvalue weighted by atomic mass is 32.2. The van der Waals surface area contributed by atoms with Gasteiger partial charge >= 0.3 is 0 Å². The SMILES string of the molecule is CCN(CC)C(=O)c1ccc(NC(=O)c2ccc(CSc3ncn[nH]3)cc2)cc1. The van der Waals surface area contributed by atoms with Crippen molar-refractivity contribution in [1.29, 1.82) is 0 Å². The van der Waals surface area contributed by atoms with Gasteiger partial charge in [-0.2, -0.15) is 5.10 Å². The van der Waals surface area contributed by atoms with Gasteiger partial charge in [-0.3, -0.25) is 14.7 Å². The van der Waals surface area contributed by atoms with Crippen LogP contribution in [0.5, 0.6) is 0 Å². The van der Waals surface area contributed by atoms with E-state index in [0.29, 0.717) is 29.9 Å². The predicted molar refractivity (Wildman–Crippen MR) is 114 cm³/mol. The quantitative estimate of drug-likeness (QED) is 0.552. The first-order valence-corrected chi connectivity index (χ1v) is 10.4. The average molecular weight is 410 g/mol. The number of benzene rings is 2. The zero-order valence-electron chi connectivity index (χ0n) is 16.4. The molecule has 2 N–H and O–H groups in total. The number of rotatable bonds is 8. The molecule has 2 amide bonds. The second kappa shape index (κ2) is 9.88. The van der Waals surface area contributed by atoms with E-state index in [1.807, 2.05) is 26.0 Å². The molecule has 0 unspecified atom stereocenters. The van der Waals surface area contributed by atoms with Gasteiger partial charge in [0.05, 0.1) is 0 Å². The summed E-state index contributed by atoms with van der Waals surface area (Å²) in [5.74, 6) is 0.535. The molecule has 0 bridgehead atoms. The topological polar surface area (TPSA) is 91.0 Å². The standard InChI is InChI=1S/C21H23N5O2S/c1-3-26(4-2)20(28)17-9-11-18(12-10-17)24-19(27)16-7-5-15(6-8-16)13-29-21-22-14-23-25-21/h5-12,14H,3-4,13H2,1-2H3,(H,24,27)(H,22,23,25). The van der Waals surface area contributed by atoms with Gasteiger partial charge in [-0.25, -0.2) is 4.98 Å². The van der Waals surface area contributed by atoms with Gasteiger partial charge < -0.3 is 10.2 Å². The molecule has 2 aromatic carbocycles. The van der Waals surface area contributed by atoms with Crippen molar-refractivity contribution in [3.8, 4) is 0 Å². The number of hydrogen-bond acceptors (Lipinski definition) is 5. The minimum absolute atomic E-state index is 0.00772. The van der Waals surface area contributed by atoms with Crippen molar-refractivity contribution in [3.63, 3.8) is 0 Å². The summed E-state index contributed by atoms with van der Waals surface area (Å²) in [6.45, 7) is 5.24. The number of hydrogen-bond donors (Lipinski definition) is 2. The van der Waals surface area contributed by atoms with Crippen molar-refractivity contribution in [3.05, 3.63) is 71.5 Å². The van der Waals surface area contributed by atoms with Crippen molar-refractivity contribution in [2.75, 3.05) is 18.4 Å². The average Bonchev–Trinajstić information content (AvgIpc) is 3.27. The zero-order valence-corrected chi connectivity index (χ0v) is 17.2. The Morgan fingerprint density at radius 1 is 1.00 bits per heavy atom. The van der Waals surface area contributed by atoms with E-state index in [2.05, 4.69) is 20.5 Å². The van der Waals surface area contributed by atoms with Crippen LogP contribution in [0.1, 0.15) is 40.1 Å². The summed E-state index contributed by atoms with van der Waals surface area (Å²) in [5, 5.41) is 10.2. The first-order valence-electron chi connectivity index (χ1n) is 9.38. The van der Waals surface area contributed by atoms with Crippen molar-refractivity contribution in [2.24, 2.45) is 0 Å². The molecule has 8 heteroatoms. The van der Waals surface area contributed by atoms with Crippen molar-refractivity contribution < 1.29 is 9.59 Å². The molecule has 150 valence electrons. The number of carbonyl (C=O) groups excluding carboxylic acids is 2. The van der Waals surface area contributed by atoms with Crippen LogP contribution >= 0.6 is 11.8 Å². The van der Waals surface area contributed by atoms with Crippen LogP contribution in [0.3, 0.4) is 0 Å². The fourth-order valence-electron chi connectivity index (χ4n) is 2.76. The molecule has 1 aromatic heterocycles. The number of anilines is 1. The third kappa shape index (κ3) is 5.45. The van der Waals surface area contributed by atoms with E-state index in [4.69, 9.17) is 0 Å². The molecular formula is C21H23N5O2S. The molecule has 0 aliphatic carbocycles. The van der Waals surface area contributed by atoms with Gasteiger partial charge in [-0.1, -0.05) is 23.9 Å². The Kier molecular flexibility index (Phi) is 7.02. The number of aromatic nitrogens is 3. The molecule has 0 spiro atoms. The predicted octanol–water partition coefficient (Wildman–Crippen LogP) is 3.83. The summed E-state index contributed by atoms with van der Waals surface area (Å²) in [6, 6.07) is 14.4. The van der Waals surface area contributed by atoms with E-state index >= 15 is 0 Å². The van der Waals surface area contributed by atoms with E-state index in [-0.39, 0.29) is 11.8 Å². The monoisotopic (exact) mass is 409 g/mol. The molecule has 0 aliphatic rings. The molecule has 29 heavy (non-hydrogen) atoms. The summed E-state index contributed by atoms with van der Waals surface area (Å²) in [6.07, 6.45) is 1.47. The van der Waals surface area contributed by atoms with Crippen molar-refractivity contribution >= 4 is 29.3 Å². The molecule has 0 atom stereocenters. The fraction of sp³-hybridized carbons (Fsp3) is 0.238. The molecule has 3 rings (SSSR count). The highest BCUT2D eigenvalue weighted by molar-refractivity contribution is 7.98. The van der Waals surface area contributed by atoms with Gasteiger partial charge in [-0.05, 0) is 55.8 Å². The second-order valence-corrected chi connectivity index (χ2v) is 7.25. The first kappa shape index (κ1) is 20.6. The highest BCUT2D eigenvalue weighted by Crippen LogP contribution is 2.19. The molecule has 3 aromatic rings. The fourth-order valence-corrected chi connectivity index (χ4v) is 3.50. The Balaban J connectivity index is 1.57. The van der Waals surface area contributed by atoms with Crippen LogP contribution in [-0.4, -0.2) is 45.0 Å². The van der Waals surface area contributed by atoms with Crippen LogP contribution in [0.25, 0.3) is 0 Å². The molecule has 0 fully saturated rings. The van der Waals surface area contributed by atoms with E-state index in [9.17, 15) is 9.59 Å². The summed E-state index contributed by atoms with van der Waals surface area (Å²) < 4.78 is 0. The van der Waals surface area contributed by atoms with E-state index in [1.54, 1.807) is 53.1 Å². The van der Waals surface area contributed by atoms with Crippen LogP contribution < -0.4 is 5.32 Å². The lowest BCUT2D eigenvalue weighted by atomic mass is 10.1. The van der Waals surface area contributed by atoms with E-state index < -0.39 is 0 Å². The molecular weight excluding hydrogens is 386 g/mol.